The van der Waals surface area contributed by atoms with E-state index in [1.165, 1.54) is 30.1 Å². The highest BCUT2D eigenvalue weighted by Crippen LogP contribution is 2.32. The van der Waals surface area contributed by atoms with Crippen molar-refractivity contribution in [2.45, 2.75) is 32.6 Å². The van der Waals surface area contributed by atoms with E-state index in [2.05, 4.69) is 10.6 Å². The minimum absolute atomic E-state index is 0.0135. The SMILES string of the molecule is CC1=C(C(=O)N(C)Cc2ccccc2C(F)(F)F)C(C)NC(=O)N1. The molecule has 0 spiro atoms. The number of nitrogens with one attached hydrogen (secondary N) is 2. The summed E-state index contributed by atoms with van der Waals surface area (Å²) >= 11 is 0. The number of nitrogens with zero attached hydrogens (tertiary/aromatic N) is 1. The van der Waals surface area contributed by atoms with Crippen LogP contribution in [0.2, 0.25) is 0 Å². The number of allylic oxidation sites excluding steroid dienone is 1. The van der Waals surface area contributed by atoms with E-state index in [1.807, 2.05) is 0 Å². The van der Waals surface area contributed by atoms with Crippen molar-refractivity contribution < 1.29 is 22.8 Å². The number of carbonyl (C=O) groups excluding carboxylic acids is 2. The van der Waals surface area contributed by atoms with E-state index in [1.54, 1.807) is 13.8 Å². The molecule has 0 aromatic heterocycles. The topological polar surface area (TPSA) is 61.4 Å². The van der Waals surface area contributed by atoms with Gasteiger partial charge in [0.05, 0.1) is 17.2 Å². The lowest BCUT2D eigenvalue weighted by atomic mass is 10.0. The number of hydrogen-bond donors (Lipinski definition) is 2. The highest BCUT2D eigenvalue weighted by atomic mass is 19.4. The van der Waals surface area contributed by atoms with Gasteiger partial charge in [-0.1, -0.05) is 18.2 Å². The van der Waals surface area contributed by atoms with Crippen LogP contribution in [0.25, 0.3) is 0 Å². The average Bonchev–Trinajstić information content (AvgIpc) is 2.45. The maximum Gasteiger partial charge on any atom is 0.416 e. The first-order valence-electron chi connectivity index (χ1n) is 7.30. The summed E-state index contributed by atoms with van der Waals surface area (Å²) < 4.78 is 39.2. The number of rotatable bonds is 3. The second-order valence-corrected chi connectivity index (χ2v) is 5.67. The van der Waals surface area contributed by atoms with Gasteiger partial charge in [-0.15, -0.1) is 0 Å². The van der Waals surface area contributed by atoms with Crippen molar-refractivity contribution in [1.82, 2.24) is 15.5 Å². The summed E-state index contributed by atoms with van der Waals surface area (Å²) in [6.45, 7) is 3.04. The molecule has 0 aliphatic carbocycles. The molecule has 3 amide bonds. The van der Waals surface area contributed by atoms with Gasteiger partial charge in [0.15, 0.2) is 0 Å². The van der Waals surface area contributed by atoms with Crippen molar-refractivity contribution in [2.75, 3.05) is 7.05 Å². The summed E-state index contributed by atoms with van der Waals surface area (Å²) in [7, 11) is 1.43. The number of carbonyl (C=O) groups is 2. The molecule has 2 rings (SSSR count). The smallest absolute Gasteiger partial charge is 0.338 e. The summed E-state index contributed by atoms with van der Waals surface area (Å²) in [6, 6.07) is 4.21. The molecule has 130 valence electrons. The van der Waals surface area contributed by atoms with Crippen LogP contribution in [0.1, 0.15) is 25.0 Å². The Morgan fingerprint density at radius 2 is 1.92 bits per heavy atom. The van der Waals surface area contributed by atoms with Gasteiger partial charge in [0.25, 0.3) is 5.91 Å². The minimum Gasteiger partial charge on any atom is -0.338 e. The highest BCUT2D eigenvalue weighted by molar-refractivity contribution is 5.98. The molecule has 0 bridgehead atoms. The van der Waals surface area contributed by atoms with Crippen molar-refractivity contribution in [3.05, 3.63) is 46.7 Å². The van der Waals surface area contributed by atoms with E-state index in [-0.39, 0.29) is 12.1 Å². The standard InChI is InChI=1S/C16H18F3N3O2/c1-9-13(10(2)21-15(24)20-9)14(23)22(3)8-11-6-4-5-7-12(11)16(17,18)19/h4-7,9H,8H2,1-3H3,(H2,20,21,24). The van der Waals surface area contributed by atoms with Gasteiger partial charge in [0.2, 0.25) is 0 Å². The molecule has 5 nitrogen and oxygen atoms in total. The maximum absolute atomic E-state index is 13.1. The highest BCUT2D eigenvalue weighted by Gasteiger charge is 2.34. The van der Waals surface area contributed by atoms with Gasteiger partial charge < -0.3 is 15.5 Å². The van der Waals surface area contributed by atoms with Crippen molar-refractivity contribution in [1.29, 1.82) is 0 Å². The van der Waals surface area contributed by atoms with Crippen LogP contribution in [0.3, 0.4) is 0 Å². The van der Waals surface area contributed by atoms with Gasteiger partial charge in [-0.2, -0.15) is 13.2 Å². The molecule has 1 aliphatic heterocycles. The van der Waals surface area contributed by atoms with E-state index in [4.69, 9.17) is 0 Å². The first kappa shape index (κ1) is 17.8. The molecular weight excluding hydrogens is 323 g/mol. The monoisotopic (exact) mass is 341 g/mol. The first-order chi connectivity index (χ1) is 11.1. The zero-order valence-electron chi connectivity index (χ0n) is 13.5. The molecule has 1 aromatic carbocycles. The van der Waals surface area contributed by atoms with Crippen LogP contribution in [0.4, 0.5) is 18.0 Å². The zero-order valence-corrected chi connectivity index (χ0v) is 13.5. The molecule has 1 heterocycles. The Labute approximate surface area is 137 Å². The first-order valence-corrected chi connectivity index (χ1v) is 7.30. The van der Waals surface area contributed by atoms with Crippen LogP contribution in [0.5, 0.6) is 0 Å². The molecule has 1 unspecified atom stereocenters. The molecule has 1 aromatic rings. The van der Waals surface area contributed by atoms with Crippen LogP contribution >= 0.6 is 0 Å². The van der Waals surface area contributed by atoms with Gasteiger partial charge in [-0.25, -0.2) is 4.79 Å². The Kier molecular flexibility index (Phi) is 4.86. The quantitative estimate of drug-likeness (QED) is 0.888. The molecule has 8 heteroatoms. The van der Waals surface area contributed by atoms with Gasteiger partial charge >= 0.3 is 12.2 Å². The predicted octanol–water partition coefficient (Wildman–Crippen LogP) is 2.64. The summed E-state index contributed by atoms with van der Waals surface area (Å²) in [5, 5.41) is 5.06. The Hall–Kier alpha value is -2.51. The molecule has 24 heavy (non-hydrogen) atoms. The molecule has 0 radical (unpaired) electrons. The number of alkyl halides is 3. The number of hydrogen-bond acceptors (Lipinski definition) is 2. The van der Waals surface area contributed by atoms with Crippen LogP contribution in [0, 0.1) is 0 Å². The third-order valence-electron chi connectivity index (χ3n) is 3.79. The fourth-order valence-corrected chi connectivity index (χ4v) is 2.68. The van der Waals surface area contributed by atoms with Crippen LogP contribution in [0.15, 0.2) is 35.5 Å². The van der Waals surface area contributed by atoms with Gasteiger partial charge in [-0.3, -0.25) is 4.79 Å². The van der Waals surface area contributed by atoms with Crippen LogP contribution < -0.4 is 10.6 Å². The molecule has 2 N–H and O–H groups in total. The van der Waals surface area contributed by atoms with Crippen LogP contribution in [-0.2, 0) is 17.5 Å². The van der Waals surface area contributed by atoms with Crippen molar-refractivity contribution in [2.24, 2.45) is 0 Å². The largest absolute Gasteiger partial charge is 0.416 e. The second-order valence-electron chi connectivity index (χ2n) is 5.67. The molecule has 1 aliphatic rings. The Morgan fingerprint density at radius 1 is 1.29 bits per heavy atom. The minimum atomic E-state index is -4.48. The van der Waals surface area contributed by atoms with Crippen molar-refractivity contribution in [3.8, 4) is 0 Å². The summed E-state index contributed by atoms with van der Waals surface area (Å²) in [5.74, 6) is -0.440. The molecule has 0 saturated heterocycles. The number of likely N-dealkylation sites (N-methyl/N-ethyl adjacent to an activating group) is 1. The number of urea groups is 1. The second kappa shape index (κ2) is 6.54. The molecule has 1 atom stereocenters. The van der Waals surface area contributed by atoms with E-state index >= 15 is 0 Å². The third kappa shape index (κ3) is 3.69. The Balaban J connectivity index is 2.25. The number of benzene rings is 1. The number of halogens is 3. The lowest BCUT2D eigenvalue weighted by Crippen LogP contribution is -2.50. The van der Waals surface area contributed by atoms with Crippen molar-refractivity contribution >= 4 is 11.9 Å². The predicted molar refractivity (Wildman–Crippen MR) is 81.7 cm³/mol. The molecular formula is C16H18F3N3O2. The van der Waals surface area contributed by atoms with Crippen molar-refractivity contribution in [3.63, 3.8) is 0 Å². The van der Waals surface area contributed by atoms with E-state index in [9.17, 15) is 22.8 Å². The van der Waals surface area contributed by atoms with Crippen LogP contribution in [-0.4, -0.2) is 29.9 Å². The number of amides is 3. The molecule has 0 saturated carbocycles. The van der Waals surface area contributed by atoms with E-state index in [0.29, 0.717) is 11.3 Å². The molecule has 0 fully saturated rings. The van der Waals surface area contributed by atoms with Gasteiger partial charge in [-0.05, 0) is 25.5 Å². The zero-order chi connectivity index (χ0) is 18.1. The fourth-order valence-electron chi connectivity index (χ4n) is 2.68. The maximum atomic E-state index is 13.1. The third-order valence-corrected chi connectivity index (χ3v) is 3.79. The van der Waals surface area contributed by atoms with Gasteiger partial charge in [0, 0.05) is 19.3 Å². The lowest BCUT2D eigenvalue weighted by Gasteiger charge is -2.29. The summed E-state index contributed by atoms with van der Waals surface area (Å²) in [6.07, 6.45) is -4.48. The summed E-state index contributed by atoms with van der Waals surface area (Å²) in [4.78, 5) is 25.2. The van der Waals surface area contributed by atoms with E-state index < -0.39 is 29.7 Å². The Bertz CT molecular complexity index is 698. The summed E-state index contributed by atoms with van der Waals surface area (Å²) in [5.41, 5.74) is -0.0353. The van der Waals surface area contributed by atoms with Gasteiger partial charge in [0.1, 0.15) is 0 Å². The normalized spacial score (nSPS) is 18.1. The average molecular weight is 341 g/mol. The lowest BCUT2D eigenvalue weighted by molar-refractivity contribution is -0.139. The Morgan fingerprint density at radius 3 is 2.50 bits per heavy atom. The fraction of sp³-hybridized carbons (Fsp3) is 0.375. The van der Waals surface area contributed by atoms with E-state index in [0.717, 1.165) is 6.07 Å².